The topological polar surface area (TPSA) is 114 Å². The Bertz CT molecular complexity index is 1470. The Morgan fingerprint density at radius 2 is 2.09 bits per heavy atom. The van der Waals surface area contributed by atoms with Crippen molar-refractivity contribution in [3.05, 3.63) is 81.5 Å². The predicted molar refractivity (Wildman–Crippen MR) is 122 cm³/mol. The number of carbonyl (C=O) groups is 1. The molecule has 4 aromatic rings. The minimum atomic E-state index is -0.408. The monoisotopic (exact) mass is 444 g/mol. The zero-order valence-electron chi connectivity index (χ0n) is 18.2. The molecule has 0 bridgehead atoms. The van der Waals surface area contributed by atoms with E-state index in [0.29, 0.717) is 24.4 Å². The highest BCUT2D eigenvalue weighted by atomic mass is 16.5. The number of nitrogens with one attached hydrogen (secondary N) is 2. The van der Waals surface area contributed by atoms with Crippen molar-refractivity contribution in [2.75, 3.05) is 13.2 Å². The largest absolute Gasteiger partial charge is 0.376 e. The van der Waals surface area contributed by atoms with Crippen LogP contribution in [0.3, 0.4) is 0 Å². The van der Waals surface area contributed by atoms with Crippen LogP contribution >= 0.6 is 0 Å². The third kappa shape index (κ3) is 4.03. The molecule has 2 N–H and O–H groups in total. The van der Waals surface area contributed by atoms with Gasteiger partial charge in [-0.25, -0.2) is 4.98 Å². The molecule has 0 saturated carbocycles. The summed E-state index contributed by atoms with van der Waals surface area (Å²) >= 11 is 0. The molecule has 0 aromatic carbocycles. The molecule has 1 aliphatic heterocycles. The van der Waals surface area contributed by atoms with E-state index in [-0.39, 0.29) is 34.6 Å². The van der Waals surface area contributed by atoms with Crippen molar-refractivity contribution in [3.63, 3.8) is 0 Å². The number of ether oxygens (including phenoxy) is 1. The molecule has 0 spiro atoms. The summed E-state index contributed by atoms with van der Waals surface area (Å²) in [6.07, 6.45) is 6.90. The number of fused-ring (bicyclic) bond motifs is 2. The molecule has 168 valence electrons. The van der Waals surface area contributed by atoms with Crippen molar-refractivity contribution in [3.8, 4) is 0 Å². The van der Waals surface area contributed by atoms with E-state index in [2.05, 4.69) is 15.3 Å². The predicted octanol–water partition coefficient (Wildman–Crippen LogP) is 1.79. The van der Waals surface area contributed by atoms with Gasteiger partial charge < -0.3 is 14.6 Å². The molecule has 33 heavy (non-hydrogen) atoms. The highest BCUT2D eigenvalue weighted by Gasteiger charge is 2.20. The molecule has 9 heteroatoms. The Labute approximate surface area is 189 Å². The summed E-state index contributed by atoms with van der Waals surface area (Å²) in [5.41, 5.74) is 2.48. The lowest BCUT2D eigenvalue weighted by atomic mass is 10.1. The second-order valence-electron chi connectivity index (χ2n) is 8.28. The molecule has 5 rings (SSSR count). The highest BCUT2D eigenvalue weighted by molar-refractivity contribution is 5.96. The summed E-state index contributed by atoms with van der Waals surface area (Å²) in [5.74, 6) is -0.408. The van der Waals surface area contributed by atoms with E-state index in [1.165, 1.54) is 10.5 Å². The molecule has 9 nitrogen and oxygen atoms in total. The number of carbonyl (C=O) groups excluding carboxylic acids is 1. The van der Waals surface area contributed by atoms with Crippen LogP contribution in [-0.4, -0.2) is 44.1 Å². The smallest absolute Gasteiger partial charge is 0.267 e. The quantitative estimate of drug-likeness (QED) is 0.456. The fraction of sp³-hybridized carbons (Fsp3) is 0.292. The van der Waals surface area contributed by atoms with Gasteiger partial charge in [-0.3, -0.25) is 24.4 Å². The average molecular weight is 444 g/mol. The second kappa shape index (κ2) is 8.59. The molecule has 1 saturated heterocycles. The highest BCUT2D eigenvalue weighted by Crippen LogP contribution is 2.14. The van der Waals surface area contributed by atoms with Crippen LogP contribution in [0.25, 0.3) is 16.7 Å². The van der Waals surface area contributed by atoms with Crippen LogP contribution in [0.2, 0.25) is 0 Å². The van der Waals surface area contributed by atoms with Crippen molar-refractivity contribution < 1.29 is 9.53 Å². The molecule has 4 aromatic heterocycles. The minimum Gasteiger partial charge on any atom is -0.376 e. The van der Waals surface area contributed by atoms with Crippen LogP contribution < -0.4 is 16.4 Å². The maximum absolute atomic E-state index is 13.4. The third-order valence-electron chi connectivity index (χ3n) is 5.90. The summed E-state index contributed by atoms with van der Waals surface area (Å²) in [6, 6.07) is 8.81. The molecule has 1 fully saturated rings. The molecule has 1 atom stereocenters. The van der Waals surface area contributed by atoms with Crippen molar-refractivity contribution in [2.45, 2.75) is 32.4 Å². The molecule has 5 heterocycles. The van der Waals surface area contributed by atoms with Gasteiger partial charge in [0.25, 0.3) is 11.5 Å². The van der Waals surface area contributed by atoms with Gasteiger partial charge in [0.2, 0.25) is 0 Å². The van der Waals surface area contributed by atoms with Gasteiger partial charge in [0.05, 0.1) is 23.6 Å². The number of aromatic nitrogens is 4. The van der Waals surface area contributed by atoms with E-state index in [1.807, 2.05) is 25.1 Å². The van der Waals surface area contributed by atoms with Gasteiger partial charge in [0.1, 0.15) is 16.8 Å². The number of nitrogens with zero attached hydrogens (tertiary/aromatic N) is 4. The lowest BCUT2D eigenvalue weighted by Crippen LogP contribution is -2.38. The number of pyridine rings is 3. The molecule has 1 aliphatic rings. The first-order valence-electron chi connectivity index (χ1n) is 10.9. The third-order valence-corrected chi connectivity index (χ3v) is 5.90. The Morgan fingerprint density at radius 1 is 1.27 bits per heavy atom. The van der Waals surface area contributed by atoms with Crippen molar-refractivity contribution in [1.29, 1.82) is 5.41 Å². The molecule has 1 amide bonds. The number of amides is 1. The van der Waals surface area contributed by atoms with Gasteiger partial charge >= 0.3 is 0 Å². The average Bonchev–Trinajstić information content (AvgIpc) is 3.34. The standard InChI is InChI=1S/C24H24N6O3/c1-15-4-5-20-28-22-19(24(32)29(20)13-15)11-18(23(31)27-12-17-3-2-10-33-17)21(25)30(22)14-16-6-8-26-9-7-16/h4-9,11,13,17,25H,2-3,10,12,14H2,1H3,(H,27,31). The van der Waals surface area contributed by atoms with Crippen molar-refractivity contribution >= 4 is 22.6 Å². The van der Waals surface area contributed by atoms with Gasteiger partial charge in [-0.1, -0.05) is 6.07 Å². The Morgan fingerprint density at radius 3 is 2.85 bits per heavy atom. The fourth-order valence-corrected chi connectivity index (χ4v) is 4.15. The van der Waals surface area contributed by atoms with Crippen LogP contribution in [-0.2, 0) is 11.3 Å². The van der Waals surface area contributed by atoms with E-state index in [1.54, 1.807) is 29.2 Å². The van der Waals surface area contributed by atoms with Crippen molar-refractivity contribution in [1.82, 2.24) is 24.3 Å². The second-order valence-corrected chi connectivity index (χ2v) is 8.28. The fourth-order valence-electron chi connectivity index (χ4n) is 4.15. The number of aryl methyl sites for hydroxylation is 1. The lowest BCUT2D eigenvalue weighted by Gasteiger charge is -2.16. The molecule has 0 aliphatic carbocycles. The zero-order chi connectivity index (χ0) is 22.9. The summed E-state index contributed by atoms with van der Waals surface area (Å²) in [7, 11) is 0. The van der Waals surface area contributed by atoms with Crippen LogP contribution in [0.1, 0.15) is 34.3 Å². The van der Waals surface area contributed by atoms with Crippen LogP contribution in [0.15, 0.2) is 53.7 Å². The molecular weight excluding hydrogens is 420 g/mol. The van der Waals surface area contributed by atoms with Gasteiger partial charge in [-0.2, -0.15) is 0 Å². The van der Waals surface area contributed by atoms with E-state index >= 15 is 0 Å². The number of rotatable bonds is 5. The van der Waals surface area contributed by atoms with Crippen molar-refractivity contribution in [2.24, 2.45) is 0 Å². The number of hydrogen-bond donors (Lipinski definition) is 2. The summed E-state index contributed by atoms with van der Waals surface area (Å²) < 4.78 is 8.67. The summed E-state index contributed by atoms with van der Waals surface area (Å²) in [6.45, 7) is 3.24. The Kier molecular flexibility index (Phi) is 5.47. The van der Waals surface area contributed by atoms with Crippen LogP contribution in [0.4, 0.5) is 0 Å². The van der Waals surface area contributed by atoms with Gasteiger partial charge in [-0.15, -0.1) is 0 Å². The zero-order valence-corrected chi connectivity index (χ0v) is 18.2. The summed E-state index contributed by atoms with van der Waals surface area (Å²) in [4.78, 5) is 35.2. The first kappa shape index (κ1) is 21.0. The molecular formula is C24H24N6O3. The first-order valence-corrected chi connectivity index (χ1v) is 10.9. The summed E-state index contributed by atoms with van der Waals surface area (Å²) in [5, 5.41) is 12.0. The van der Waals surface area contributed by atoms with E-state index < -0.39 is 5.91 Å². The maximum atomic E-state index is 13.4. The normalized spacial score (nSPS) is 15.8. The van der Waals surface area contributed by atoms with E-state index in [0.717, 1.165) is 24.0 Å². The van der Waals surface area contributed by atoms with Gasteiger partial charge in [0.15, 0.2) is 0 Å². The Hall–Kier alpha value is -3.85. The maximum Gasteiger partial charge on any atom is 0.267 e. The molecule has 1 unspecified atom stereocenters. The van der Waals surface area contributed by atoms with Crippen LogP contribution in [0, 0.1) is 12.3 Å². The number of hydrogen-bond acceptors (Lipinski definition) is 6. The molecule has 0 radical (unpaired) electrons. The van der Waals surface area contributed by atoms with E-state index in [9.17, 15) is 9.59 Å². The lowest BCUT2D eigenvalue weighted by molar-refractivity contribution is 0.0856. The minimum absolute atomic E-state index is 0.00693. The van der Waals surface area contributed by atoms with Gasteiger partial charge in [0, 0.05) is 31.7 Å². The SMILES string of the molecule is Cc1ccc2nc3c(cc(C(=O)NCC4CCCO4)c(=N)n3Cc3ccncc3)c(=O)n2c1. The van der Waals surface area contributed by atoms with E-state index in [4.69, 9.17) is 10.1 Å². The van der Waals surface area contributed by atoms with Gasteiger partial charge in [-0.05, 0) is 55.2 Å². The first-order chi connectivity index (χ1) is 16.0. The Balaban J connectivity index is 1.68. The van der Waals surface area contributed by atoms with Crippen LogP contribution in [0.5, 0.6) is 0 Å².